The lowest BCUT2D eigenvalue weighted by atomic mass is 10.1. The summed E-state index contributed by atoms with van der Waals surface area (Å²) in [5.74, 6) is 0.0524. The first-order valence-electron chi connectivity index (χ1n) is 5.88. The fourth-order valence-electron chi connectivity index (χ4n) is 1.94. The van der Waals surface area contributed by atoms with Gasteiger partial charge in [0, 0.05) is 18.2 Å². The molecule has 17 heavy (non-hydrogen) atoms. The van der Waals surface area contributed by atoms with E-state index in [4.69, 9.17) is 9.47 Å². The molecule has 1 fully saturated rings. The number of hydrogen-bond acceptors (Lipinski definition) is 3. The number of rotatable bonds is 3. The molecule has 3 nitrogen and oxygen atoms in total. The molecule has 0 bridgehead atoms. The number of benzene rings is 1. The summed E-state index contributed by atoms with van der Waals surface area (Å²) in [6.45, 7) is 2.92. The summed E-state index contributed by atoms with van der Waals surface area (Å²) in [5.41, 5.74) is 0.608. The van der Waals surface area contributed by atoms with Crippen LogP contribution in [0.3, 0.4) is 0 Å². The molecule has 1 unspecified atom stereocenters. The predicted molar refractivity (Wildman–Crippen MR) is 61.5 cm³/mol. The first-order chi connectivity index (χ1) is 8.16. The summed E-state index contributed by atoms with van der Waals surface area (Å²) in [6, 6.07) is 4.20. The molecule has 1 aliphatic rings. The summed E-state index contributed by atoms with van der Waals surface area (Å²) in [5, 5.41) is 9.59. The molecule has 0 amide bonds. The minimum absolute atomic E-state index is 0.0527. The second-order valence-electron chi connectivity index (χ2n) is 4.32. The van der Waals surface area contributed by atoms with Crippen molar-refractivity contribution < 1.29 is 19.0 Å². The van der Waals surface area contributed by atoms with Crippen LogP contribution in [0, 0.1) is 5.82 Å². The maximum atomic E-state index is 13.2. The molecule has 0 spiro atoms. The Morgan fingerprint density at radius 1 is 1.53 bits per heavy atom. The van der Waals surface area contributed by atoms with Gasteiger partial charge in [-0.25, -0.2) is 4.39 Å². The molecule has 0 radical (unpaired) electrons. The molecule has 0 saturated carbocycles. The highest BCUT2D eigenvalue weighted by molar-refractivity contribution is 5.35. The summed E-state index contributed by atoms with van der Waals surface area (Å²) >= 11 is 0. The lowest BCUT2D eigenvalue weighted by molar-refractivity contribution is 0.00600. The molecule has 1 saturated heterocycles. The van der Waals surface area contributed by atoms with Crippen LogP contribution in [0.5, 0.6) is 5.75 Å². The van der Waals surface area contributed by atoms with Gasteiger partial charge in [0.1, 0.15) is 17.7 Å². The van der Waals surface area contributed by atoms with Gasteiger partial charge in [0.05, 0.1) is 12.7 Å². The van der Waals surface area contributed by atoms with Crippen LogP contribution < -0.4 is 4.74 Å². The van der Waals surface area contributed by atoms with E-state index >= 15 is 0 Å². The highest BCUT2D eigenvalue weighted by Gasteiger charge is 2.18. The van der Waals surface area contributed by atoms with E-state index in [1.165, 1.54) is 12.1 Å². The summed E-state index contributed by atoms with van der Waals surface area (Å²) in [7, 11) is 0. The zero-order chi connectivity index (χ0) is 12.3. The zero-order valence-electron chi connectivity index (χ0n) is 9.86. The van der Waals surface area contributed by atoms with Crippen molar-refractivity contribution in [2.45, 2.75) is 32.0 Å². The maximum absolute atomic E-state index is 13.2. The van der Waals surface area contributed by atoms with Crippen LogP contribution >= 0.6 is 0 Å². The molecule has 2 rings (SSSR count). The van der Waals surface area contributed by atoms with Crippen LogP contribution in [0.25, 0.3) is 0 Å². The zero-order valence-corrected chi connectivity index (χ0v) is 9.86. The van der Waals surface area contributed by atoms with Gasteiger partial charge < -0.3 is 14.6 Å². The average molecular weight is 240 g/mol. The molecule has 1 N–H and O–H groups in total. The van der Waals surface area contributed by atoms with Crippen molar-refractivity contribution in [3.63, 3.8) is 0 Å². The van der Waals surface area contributed by atoms with E-state index in [0.29, 0.717) is 17.9 Å². The Morgan fingerprint density at radius 3 is 3.00 bits per heavy atom. The third kappa shape index (κ3) is 3.17. The van der Waals surface area contributed by atoms with E-state index in [9.17, 15) is 9.50 Å². The minimum atomic E-state index is -0.671. The first kappa shape index (κ1) is 12.3. The smallest absolute Gasteiger partial charge is 0.128 e. The van der Waals surface area contributed by atoms with Crippen molar-refractivity contribution in [1.82, 2.24) is 0 Å². The highest BCUT2D eigenvalue weighted by Crippen LogP contribution is 2.28. The fraction of sp³-hybridized carbons (Fsp3) is 0.538. The van der Waals surface area contributed by atoms with Crippen LogP contribution in [0.15, 0.2) is 18.2 Å². The van der Waals surface area contributed by atoms with Gasteiger partial charge in [0.15, 0.2) is 0 Å². The van der Waals surface area contributed by atoms with Crippen LogP contribution in [0.1, 0.15) is 31.4 Å². The molecule has 4 heteroatoms. The Balaban J connectivity index is 2.14. The van der Waals surface area contributed by atoms with E-state index in [1.54, 1.807) is 13.0 Å². The molecule has 1 heterocycles. The topological polar surface area (TPSA) is 38.7 Å². The number of hydrogen-bond donors (Lipinski definition) is 1. The molecule has 1 aliphatic heterocycles. The third-order valence-corrected chi connectivity index (χ3v) is 2.84. The van der Waals surface area contributed by atoms with Gasteiger partial charge >= 0.3 is 0 Å². The number of halogens is 1. The standard InChI is InChI=1S/C13H17FO3/c1-9(15)12-5-4-10(14)7-13(12)17-11-3-2-6-16-8-11/h4-5,7,9,11,15H,2-3,6,8H2,1H3/t9-,11?/m1/s1. The second-order valence-corrected chi connectivity index (χ2v) is 4.32. The quantitative estimate of drug-likeness (QED) is 0.882. The Bertz CT molecular complexity index is 373. The molecule has 1 aromatic carbocycles. The highest BCUT2D eigenvalue weighted by atomic mass is 19.1. The molecular weight excluding hydrogens is 223 g/mol. The third-order valence-electron chi connectivity index (χ3n) is 2.84. The lowest BCUT2D eigenvalue weighted by Crippen LogP contribution is -2.28. The van der Waals surface area contributed by atoms with Crippen LogP contribution in [0.4, 0.5) is 4.39 Å². The Labute approximate surface area is 100 Å². The Morgan fingerprint density at radius 2 is 2.35 bits per heavy atom. The molecular formula is C13H17FO3. The number of ether oxygens (including phenoxy) is 2. The first-order valence-corrected chi connectivity index (χ1v) is 5.88. The van der Waals surface area contributed by atoms with E-state index in [1.807, 2.05) is 0 Å². The van der Waals surface area contributed by atoms with Gasteiger partial charge in [-0.05, 0) is 31.9 Å². The average Bonchev–Trinajstić information content (AvgIpc) is 2.30. The number of aliphatic hydroxyl groups is 1. The van der Waals surface area contributed by atoms with Gasteiger partial charge in [0.25, 0.3) is 0 Å². The molecule has 2 atom stereocenters. The van der Waals surface area contributed by atoms with Crippen LogP contribution in [-0.2, 0) is 4.74 Å². The minimum Gasteiger partial charge on any atom is -0.488 e. The van der Waals surface area contributed by atoms with Gasteiger partial charge in [-0.3, -0.25) is 0 Å². The maximum Gasteiger partial charge on any atom is 0.128 e. The van der Waals surface area contributed by atoms with Crippen molar-refractivity contribution in [3.8, 4) is 5.75 Å². The lowest BCUT2D eigenvalue weighted by Gasteiger charge is -2.25. The van der Waals surface area contributed by atoms with Crippen LogP contribution in [0.2, 0.25) is 0 Å². The Hall–Kier alpha value is -1.13. The van der Waals surface area contributed by atoms with Crippen molar-refractivity contribution in [2.24, 2.45) is 0 Å². The van der Waals surface area contributed by atoms with Crippen molar-refractivity contribution in [2.75, 3.05) is 13.2 Å². The Kier molecular flexibility index (Phi) is 3.97. The molecule has 0 aliphatic carbocycles. The monoisotopic (exact) mass is 240 g/mol. The molecule has 94 valence electrons. The van der Waals surface area contributed by atoms with E-state index in [-0.39, 0.29) is 11.9 Å². The summed E-state index contributed by atoms with van der Waals surface area (Å²) in [4.78, 5) is 0. The van der Waals surface area contributed by atoms with E-state index in [2.05, 4.69) is 0 Å². The SMILES string of the molecule is C[C@@H](O)c1ccc(F)cc1OC1CCCOC1. The molecule has 0 aromatic heterocycles. The van der Waals surface area contributed by atoms with Crippen molar-refractivity contribution in [3.05, 3.63) is 29.6 Å². The largest absolute Gasteiger partial charge is 0.488 e. The van der Waals surface area contributed by atoms with Crippen LogP contribution in [-0.4, -0.2) is 24.4 Å². The molecule has 1 aromatic rings. The van der Waals surface area contributed by atoms with Crippen molar-refractivity contribution in [1.29, 1.82) is 0 Å². The van der Waals surface area contributed by atoms with Crippen molar-refractivity contribution >= 4 is 0 Å². The normalized spacial score (nSPS) is 22.2. The number of aliphatic hydroxyl groups excluding tert-OH is 1. The van der Waals surface area contributed by atoms with Gasteiger partial charge in [-0.2, -0.15) is 0 Å². The van der Waals surface area contributed by atoms with E-state index < -0.39 is 6.10 Å². The summed E-state index contributed by atoms with van der Waals surface area (Å²) < 4.78 is 24.2. The van der Waals surface area contributed by atoms with Gasteiger partial charge in [-0.1, -0.05) is 0 Å². The second kappa shape index (κ2) is 5.47. The van der Waals surface area contributed by atoms with E-state index in [0.717, 1.165) is 19.4 Å². The van der Waals surface area contributed by atoms with Gasteiger partial charge in [0.2, 0.25) is 0 Å². The predicted octanol–water partition coefficient (Wildman–Crippen LogP) is 2.44. The fourth-order valence-corrected chi connectivity index (χ4v) is 1.94. The summed E-state index contributed by atoms with van der Waals surface area (Å²) in [6.07, 6.45) is 1.12. The van der Waals surface area contributed by atoms with Gasteiger partial charge in [-0.15, -0.1) is 0 Å².